The van der Waals surface area contributed by atoms with Crippen molar-refractivity contribution in [2.24, 2.45) is 0 Å². The number of allylic oxidation sites excluding steroid dienone is 1. The van der Waals surface area contributed by atoms with Gasteiger partial charge in [-0.05, 0) is 24.3 Å². The monoisotopic (exact) mass is 408 g/mol. The number of halogens is 1. The molecule has 0 aliphatic carbocycles. The smallest absolute Gasteiger partial charge is 0.261 e. The summed E-state index contributed by atoms with van der Waals surface area (Å²) in [5, 5.41) is 8.87. The van der Waals surface area contributed by atoms with Crippen molar-refractivity contribution in [1.29, 1.82) is 0 Å². The van der Waals surface area contributed by atoms with Crippen molar-refractivity contribution in [2.75, 3.05) is 12.3 Å². The van der Waals surface area contributed by atoms with Gasteiger partial charge in [0.1, 0.15) is 5.82 Å². The summed E-state index contributed by atoms with van der Waals surface area (Å²) < 4.78 is 15.9. The maximum absolute atomic E-state index is 14.2. The maximum atomic E-state index is 14.2. The molecule has 0 spiro atoms. The van der Waals surface area contributed by atoms with Crippen molar-refractivity contribution in [3.05, 3.63) is 78.1 Å². The number of nitrogens with zero attached hydrogens (tertiary/aromatic N) is 4. The van der Waals surface area contributed by atoms with Crippen molar-refractivity contribution in [1.82, 2.24) is 19.7 Å². The van der Waals surface area contributed by atoms with E-state index in [1.54, 1.807) is 53.1 Å². The van der Waals surface area contributed by atoms with E-state index in [4.69, 9.17) is 0 Å². The quantitative estimate of drug-likeness (QED) is 0.339. The van der Waals surface area contributed by atoms with Crippen molar-refractivity contribution in [2.45, 2.75) is 11.7 Å². The van der Waals surface area contributed by atoms with E-state index in [-0.39, 0.29) is 24.2 Å². The summed E-state index contributed by atoms with van der Waals surface area (Å²) in [5.41, 5.74) is 1.22. The van der Waals surface area contributed by atoms with Crippen LogP contribution < -0.4 is 0 Å². The summed E-state index contributed by atoms with van der Waals surface area (Å²) in [5.74, 6) is -0.103. The standard InChI is InChI=1S/C21H17FN4O2S/c1-2-11-25-18(16-9-5-6-10-17(16)22)23-24-21(25)29-13-12-26-19(27)14-7-3-4-8-15(14)20(26)28/h2-10H,1,11-13H2. The summed E-state index contributed by atoms with van der Waals surface area (Å²) in [6, 6.07) is 13.2. The van der Waals surface area contributed by atoms with Crippen LogP contribution in [0.2, 0.25) is 0 Å². The highest BCUT2D eigenvalue weighted by Gasteiger charge is 2.34. The number of imide groups is 1. The van der Waals surface area contributed by atoms with Crippen LogP contribution in [0.1, 0.15) is 20.7 Å². The largest absolute Gasteiger partial charge is 0.298 e. The summed E-state index contributed by atoms with van der Waals surface area (Å²) in [6.45, 7) is 4.39. The van der Waals surface area contributed by atoms with Crippen molar-refractivity contribution >= 4 is 23.6 Å². The van der Waals surface area contributed by atoms with Gasteiger partial charge in [-0.15, -0.1) is 16.8 Å². The zero-order valence-corrected chi connectivity index (χ0v) is 16.2. The Hall–Kier alpha value is -3.26. The summed E-state index contributed by atoms with van der Waals surface area (Å²) in [6.07, 6.45) is 1.68. The minimum Gasteiger partial charge on any atom is -0.298 e. The Kier molecular flexibility index (Phi) is 5.26. The molecule has 146 valence electrons. The van der Waals surface area contributed by atoms with E-state index >= 15 is 0 Å². The van der Waals surface area contributed by atoms with Crippen LogP contribution in [0.25, 0.3) is 11.4 Å². The molecule has 6 nitrogen and oxygen atoms in total. The molecule has 0 fully saturated rings. The molecule has 0 atom stereocenters. The third kappa shape index (κ3) is 3.47. The molecule has 0 saturated heterocycles. The van der Waals surface area contributed by atoms with Crippen LogP contribution in [-0.4, -0.2) is 43.8 Å². The molecule has 1 aliphatic heterocycles. The average Bonchev–Trinajstić information content (AvgIpc) is 3.23. The highest BCUT2D eigenvalue weighted by atomic mass is 32.2. The first-order valence-electron chi connectivity index (χ1n) is 8.99. The number of amides is 2. The Balaban J connectivity index is 1.50. The number of carbonyl (C=O) groups excluding carboxylic acids is 2. The van der Waals surface area contributed by atoms with Crippen molar-refractivity contribution in [3.8, 4) is 11.4 Å². The van der Waals surface area contributed by atoms with E-state index in [2.05, 4.69) is 16.8 Å². The highest BCUT2D eigenvalue weighted by Crippen LogP contribution is 2.27. The lowest BCUT2D eigenvalue weighted by Crippen LogP contribution is -2.31. The topological polar surface area (TPSA) is 68.1 Å². The maximum Gasteiger partial charge on any atom is 0.261 e. The number of carbonyl (C=O) groups is 2. The predicted molar refractivity (Wildman–Crippen MR) is 108 cm³/mol. The average molecular weight is 408 g/mol. The lowest BCUT2D eigenvalue weighted by atomic mass is 10.1. The van der Waals surface area contributed by atoms with Gasteiger partial charge >= 0.3 is 0 Å². The molecule has 0 radical (unpaired) electrons. The number of thioether (sulfide) groups is 1. The normalized spacial score (nSPS) is 13.1. The van der Waals surface area contributed by atoms with Gasteiger partial charge in [0.05, 0.1) is 16.7 Å². The van der Waals surface area contributed by atoms with E-state index in [1.165, 1.54) is 22.7 Å². The lowest BCUT2D eigenvalue weighted by Gasteiger charge is -2.13. The van der Waals surface area contributed by atoms with Crippen LogP contribution in [0.3, 0.4) is 0 Å². The number of fused-ring (bicyclic) bond motifs is 1. The summed E-state index contributed by atoms with van der Waals surface area (Å²) in [7, 11) is 0. The van der Waals surface area contributed by atoms with Gasteiger partial charge in [-0.1, -0.05) is 42.1 Å². The molecule has 3 aromatic rings. The van der Waals surface area contributed by atoms with E-state index in [0.717, 1.165) is 0 Å². The number of hydrogen-bond donors (Lipinski definition) is 0. The Morgan fingerprint density at radius 3 is 2.21 bits per heavy atom. The first-order chi connectivity index (χ1) is 14.1. The van der Waals surface area contributed by atoms with Gasteiger partial charge in [0, 0.05) is 18.8 Å². The number of aromatic nitrogens is 3. The van der Waals surface area contributed by atoms with Gasteiger partial charge in [0.2, 0.25) is 0 Å². The molecule has 1 aliphatic rings. The first-order valence-corrected chi connectivity index (χ1v) is 9.97. The highest BCUT2D eigenvalue weighted by molar-refractivity contribution is 7.99. The zero-order valence-electron chi connectivity index (χ0n) is 15.4. The summed E-state index contributed by atoms with van der Waals surface area (Å²) in [4.78, 5) is 26.1. The van der Waals surface area contributed by atoms with Crippen LogP contribution in [-0.2, 0) is 6.54 Å². The van der Waals surface area contributed by atoms with Gasteiger partial charge in [-0.2, -0.15) is 0 Å². The third-order valence-electron chi connectivity index (χ3n) is 4.57. The van der Waals surface area contributed by atoms with Gasteiger partial charge in [-0.25, -0.2) is 4.39 Å². The van der Waals surface area contributed by atoms with Gasteiger partial charge in [-0.3, -0.25) is 19.1 Å². The van der Waals surface area contributed by atoms with Crippen LogP contribution in [0.5, 0.6) is 0 Å². The van der Waals surface area contributed by atoms with Gasteiger partial charge in [0.25, 0.3) is 11.8 Å². The molecule has 2 aromatic carbocycles. The fourth-order valence-electron chi connectivity index (χ4n) is 3.20. The fraction of sp³-hybridized carbons (Fsp3) is 0.143. The number of benzene rings is 2. The number of hydrogen-bond acceptors (Lipinski definition) is 5. The second-order valence-electron chi connectivity index (χ2n) is 6.34. The zero-order chi connectivity index (χ0) is 20.4. The van der Waals surface area contributed by atoms with Crippen molar-refractivity contribution in [3.63, 3.8) is 0 Å². The molecule has 0 unspecified atom stereocenters. The third-order valence-corrected chi connectivity index (χ3v) is 5.51. The SMILES string of the molecule is C=CCn1c(SCCN2C(=O)c3ccccc3C2=O)nnc1-c1ccccc1F. The predicted octanol–water partition coefficient (Wildman–Crippen LogP) is 3.66. The molecule has 8 heteroatoms. The fourth-order valence-corrected chi connectivity index (χ4v) is 4.07. The molecule has 2 amide bonds. The second-order valence-corrected chi connectivity index (χ2v) is 7.40. The molecule has 0 bridgehead atoms. The van der Waals surface area contributed by atoms with E-state index in [1.807, 2.05) is 0 Å². The van der Waals surface area contributed by atoms with Gasteiger partial charge in [0.15, 0.2) is 11.0 Å². The first kappa shape index (κ1) is 19.1. The molecule has 4 rings (SSSR count). The van der Waals surface area contributed by atoms with Crippen molar-refractivity contribution < 1.29 is 14.0 Å². The minimum absolute atomic E-state index is 0.243. The van der Waals surface area contributed by atoms with Crippen LogP contribution in [0, 0.1) is 5.82 Å². The van der Waals surface area contributed by atoms with Crippen LogP contribution in [0.4, 0.5) is 4.39 Å². The van der Waals surface area contributed by atoms with Crippen LogP contribution in [0.15, 0.2) is 66.3 Å². The summed E-state index contributed by atoms with van der Waals surface area (Å²) >= 11 is 1.35. The molecular weight excluding hydrogens is 391 g/mol. The van der Waals surface area contributed by atoms with E-state index < -0.39 is 0 Å². The van der Waals surface area contributed by atoms with E-state index in [9.17, 15) is 14.0 Å². The Bertz CT molecular complexity index is 1080. The minimum atomic E-state index is -0.382. The molecule has 0 N–H and O–H groups in total. The molecule has 0 saturated carbocycles. The molecule has 2 heterocycles. The number of rotatable bonds is 7. The molecule has 1 aromatic heterocycles. The molecular formula is C21H17FN4O2S. The Morgan fingerprint density at radius 2 is 1.59 bits per heavy atom. The van der Waals surface area contributed by atoms with Crippen LogP contribution >= 0.6 is 11.8 Å². The lowest BCUT2D eigenvalue weighted by molar-refractivity contribution is 0.0664. The Morgan fingerprint density at radius 1 is 0.966 bits per heavy atom. The second kappa shape index (κ2) is 8.00. The van der Waals surface area contributed by atoms with E-state index in [0.29, 0.717) is 40.0 Å². The Labute approximate surface area is 171 Å². The molecule has 29 heavy (non-hydrogen) atoms. The van der Waals surface area contributed by atoms with Gasteiger partial charge < -0.3 is 0 Å².